The largest absolute Gasteiger partial charge is 0.464 e. The van der Waals surface area contributed by atoms with Gasteiger partial charge in [-0.1, -0.05) is 48.5 Å². The van der Waals surface area contributed by atoms with E-state index >= 15 is 0 Å². The van der Waals surface area contributed by atoms with E-state index < -0.39 is 29.3 Å². The van der Waals surface area contributed by atoms with Crippen LogP contribution in [0.25, 0.3) is 11.1 Å². The highest BCUT2D eigenvalue weighted by Gasteiger charge is 2.41. The topological polar surface area (TPSA) is 117 Å². The molecule has 1 fully saturated rings. The lowest BCUT2D eigenvalue weighted by molar-refractivity contribution is -0.385. The molecular formula is C27H24N2O8. The minimum atomic E-state index is -1.18. The average molecular weight is 504 g/mol. The Morgan fingerprint density at radius 3 is 2.19 bits per heavy atom. The number of non-ortho nitro benzene ring substituents is 1. The summed E-state index contributed by atoms with van der Waals surface area (Å²) in [6.07, 6.45) is -1.94. The van der Waals surface area contributed by atoms with E-state index in [0.29, 0.717) is 5.56 Å². The van der Waals surface area contributed by atoms with Gasteiger partial charge in [0.25, 0.3) is 5.69 Å². The van der Waals surface area contributed by atoms with Gasteiger partial charge in [-0.25, -0.2) is 14.4 Å². The van der Waals surface area contributed by atoms with E-state index in [1.165, 1.54) is 24.3 Å². The monoisotopic (exact) mass is 504 g/mol. The van der Waals surface area contributed by atoms with Gasteiger partial charge in [-0.05, 0) is 41.3 Å². The minimum Gasteiger partial charge on any atom is -0.464 e. The Kier molecular flexibility index (Phi) is 6.85. The summed E-state index contributed by atoms with van der Waals surface area (Å²) in [7, 11) is 0. The lowest BCUT2D eigenvalue weighted by Gasteiger charge is -2.36. The number of benzene rings is 3. The number of amides is 1. The van der Waals surface area contributed by atoms with Gasteiger partial charge in [0.2, 0.25) is 6.29 Å². The Hall–Kier alpha value is -4.28. The van der Waals surface area contributed by atoms with Crippen molar-refractivity contribution in [3.8, 4) is 11.1 Å². The van der Waals surface area contributed by atoms with Crippen molar-refractivity contribution in [1.82, 2.24) is 5.06 Å². The van der Waals surface area contributed by atoms with E-state index in [1.807, 2.05) is 48.5 Å². The number of nitro groups is 1. The first kappa shape index (κ1) is 24.4. The van der Waals surface area contributed by atoms with E-state index in [0.717, 1.165) is 27.3 Å². The van der Waals surface area contributed by atoms with Gasteiger partial charge in [-0.2, -0.15) is 5.06 Å². The van der Waals surface area contributed by atoms with Crippen molar-refractivity contribution in [2.24, 2.45) is 0 Å². The quantitative estimate of drug-likeness (QED) is 0.268. The van der Waals surface area contributed by atoms with Gasteiger partial charge >= 0.3 is 12.1 Å². The standard InChI is InChI=1S/C27H24N2O8/c1-2-34-25(30)24-16-35-26(17-11-13-18(14-12-17)29(32)33)37-28(24)27(31)36-15-23-21-9-5-3-7-19(21)20-8-4-6-10-22(20)23/h3-14,23-24,26H,2,15-16H2,1H3/t24-,26?/m0/s1. The molecular weight excluding hydrogens is 480 g/mol. The fraction of sp³-hybridized carbons (Fsp3) is 0.259. The second kappa shape index (κ2) is 10.4. The van der Waals surface area contributed by atoms with Crippen molar-refractivity contribution in [2.45, 2.75) is 25.2 Å². The van der Waals surface area contributed by atoms with E-state index in [4.69, 9.17) is 19.0 Å². The number of nitrogens with zero attached hydrogens (tertiary/aromatic N) is 2. The van der Waals surface area contributed by atoms with Crippen molar-refractivity contribution in [3.63, 3.8) is 0 Å². The Labute approximate surface area is 212 Å². The van der Waals surface area contributed by atoms with Gasteiger partial charge in [-0.3, -0.25) is 10.1 Å². The highest BCUT2D eigenvalue weighted by molar-refractivity contribution is 5.82. The molecule has 1 aliphatic carbocycles. The number of esters is 1. The van der Waals surface area contributed by atoms with Gasteiger partial charge in [0, 0.05) is 23.6 Å². The molecule has 3 aromatic carbocycles. The Morgan fingerprint density at radius 1 is 0.973 bits per heavy atom. The number of ether oxygens (including phenoxy) is 3. The second-order valence-corrected chi connectivity index (χ2v) is 8.52. The van der Waals surface area contributed by atoms with Crippen molar-refractivity contribution < 1.29 is 33.6 Å². The zero-order chi connectivity index (χ0) is 25.9. The summed E-state index contributed by atoms with van der Waals surface area (Å²) in [5.41, 5.74) is 4.60. The van der Waals surface area contributed by atoms with Crippen LogP contribution in [0.15, 0.2) is 72.8 Å². The molecule has 37 heavy (non-hydrogen) atoms. The Morgan fingerprint density at radius 2 is 1.59 bits per heavy atom. The Balaban J connectivity index is 1.35. The molecule has 2 aliphatic rings. The van der Waals surface area contributed by atoms with Gasteiger partial charge in [0.1, 0.15) is 6.61 Å². The summed E-state index contributed by atoms with van der Waals surface area (Å²) < 4.78 is 16.4. The number of fused-ring (bicyclic) bond motifs is 3. The number of carbonyl (C=O) groups excluding carboxylic acids is 2. The number of hydroxylamine groups is 2. The van der Waals surface area contributed by atoms with Gasteiger partial charge in [-0.15, -0.1) is 0 Å². The van der Waals surface area contributed by atoms with Crippen LogP contribution in [-0.4, -0.2) is 47.9 Å². The number of carbonyl (C=O) groups is 2. The normalized spacial score (nSPS) is 18.6. The van der Waals surface area contributed by atoms with E-state index in [2.05, 4.69) is 0 Å². The summed E-state index contributed by atoms with van der Waals surface area (Å²) in [6.45, 7) is 1.59. The zero-order valence-electron chi connectivity index (χ0n) is 19.9. The number of nitro benzene ring substituents is 1. The molecule has 0 radical (unpaired) electrons. The SMILES string of the molecule is CCOC(=O)[C@@H]1COC(c2ccc([N+](=O)[O-])cc2)ON1C(=O)OCC1c2ccccc2-c2ccccc21. The molecule has 5 rings (SSSR count). The predicted octanol–water partition coefficient (Wildman–Crippen LogP) is 4.74. The lowest BCUT2D eigenvalue weighted by Crippen LogP contribution is -2.53. The van der Waals surface area contributed by atoms with Crippen LogP contribution >= 0.6 is 0 Å². The summed E-state index contributed by atoms with van der Waals surface area (Å²) in [5.74, 6) is -0.873. The fourth-order valence-electron chi connectivity index (χ4n) is 4.59. The molecule has 0 aromatic heterocycles. The zero-order valence-corrected chi connectivity index (χ0v) is 19.9. The number of hydrogen-bond acceptors (Lipinski definition) is 8. The molecule has 1 unspecified atom stereocenters. The van der Waals surface area contributed by atoms with Crippen LogP contribution in [0.1, 0.15) is 35.8 Å². The molecule has 10 nitrogen and oxygen atoms in total. The van der Waals surface area contributed by atoms with Crippen molar-refractivity contribution >= 4 is 17.7 Å². The van der Waals surface area contributed by atoms with Crippen LogP contribution in [0.5, 0.6) is 0 Å². The van der Waals surface area contributed by atoms with E-state index in [1.54, 1.807) is 6.92 Å². The van der Waals surface area contributed by atoms with Crippen molar-refractivity contribution in [1.29, 1.82) is 0 Å². The highest BCUT2D eigenvalue weighted by atomic mass is 16.8. The molecule has 0 spiro atoms. The van der Waals surface area contributed by atoms with Gasteiger partial charge in [0.15, 0.2) is 6.04 Å². The smallest absolute Gasteiger partial charge is 0.435 e. The third-order valence-electron chi connectivity index (χ3n) is 6.35. The fourth-order valence-corrected chi connectivity index (χ4v) is 4.59. The van der Waals surface area contributed by atoms with Crippen molar-refractivity contribution in [3.05, 3.63) is 99.6 Å². The first-order valence-electron chi connectivity index (χ1n) is 11.8. The first-order valence-corrected chi connectivity index (χ1v) is 11.8. The maximum atomic E-state index is 13.2. The molecule has 190 valence electrons. The third kappa shape index (κ3) is 4.76. The van der Waals surface area contributed by atoms with Crippen LogP contribution in [0, 0.1) is 10.1 Å². The number of hydrogen-bond donors (Lipinski definition) is 0. The molecule has 3 aromatic rings. The average Bonchev–Trinajstić information content (AvgIpc) is 3.25. The molecule has 1 aliphatic heterocycles. The van der Waals surface area contributed by atoms with Crippen LogP contribution in [-0.2, 0) is 23.8 Å². The summed E-state index contributed by atoms with van der Waals surface area (Å²) in [6, 6.07) is 20.2. The summed E-state index contributed by atoms with van der Waals surface area (Å²) in [5, 5.41) is 11.8. The predicted molar refractivity (Wildman–Crippen MR) is 130 cm³/mol. The van der Waals surface area contributed by atoms with Crippen molar-refractivity contribution in [2.75, 3.05) is 19.8 Å². The molecule has 0 N–H and O–H groups in total. The number of rotatable bonds is 6. The maximum absolute atomic E-state index is 13.2. The first-order chi connectivity index (χ1) is 18.0. The second-order valence-electron chi connectivity index (χ2n) is 8.52. The van der Waals surface area contributed by atoms with Crippen LogP contribution in [0.2, 0.25) is 0 Å². The molecule has 0 saturated carbocycles. The van der Waals surface area contributed by atoms with Crippen LogP contribution in [0.3, 0.4) is 0 Å². The van der Waals surface area contributed by atoms with Gasteiger partial charge in [0.05, 0.1) is 18.1 Å². The molecule has 2 atom stereocenters. The Bertz CT molecular complexity index is 1280. The van der Waals surface area contributed by atoms with E-state index in [9.17, 15) is 19.7 Å². The molecule has 0 bridgehead atoms. The maximum Gasteiger partial charge on any atom is 0.435 e. The van der Waals surface area contributed by atoms with Gasteiger partial charge < -0.3 is 14.2 Å². The lowest BCUT2D eigenvalue weighted by atomic mass is 9.98. The molecule has 1 saturated heterocycles. The minimum absolute atomic E-state index is 0.0331. The molecule has 1 amide bonds. The summed E-state index contributed by atoms with van der Waals surface area (Å²) >= 11 is 0. The third-order valence-corrected chi connectivity index (χ3v) is 6.35. The summed E-state index contributed by atoms with van der Waals surface area (Å²) in [4.78, 5) is 42.0. The van der Waals surface area contributed by atoms with E-state index in [-0.39, 0.29) is 31.4 Å². The van der Waals surface area contributed by atoms with Crippen LogP contribution in [0.4, 0.5) is 10.5 Å². The molecule has 1 heterocycles. The highest BCUT2D eigenvalue weighted by Crippen LogP contribution is 2.44. The van der Waals surface area contributed by atoms with Crippen LogP contribution < -0.4 is 0 Å². The molecule has 10 heteroatoms.